The molecule has 1 nitrogen and oxygen atoms in total. The van der Waals surface area contributed by atoms with Crippen LogP contribution in [0, 0.1) is 5.92 Å². The van der Waals surface area contributed by atoms with E-state index in [0.717, 1.165) is 11.8 Å². The van der Waals surface area contributed by atoms with Gasteiger partial charge in [-0.1, -0.05) is 49.6 Å². The van der Waals surface area contributed by atoms with Crippen molar-refractivity contribution in [2.24, 2.45) is 5.92 Å². The number of nitrogens with zero attached hydrogens (tertiary/aromatic N) is 1. The third-order valence-corrected chi connectivity index (χ3v) is 4.62. The van der Waals surface area contributed by atoms with E-state index in [4.69, 9.17) is 0 Å². The third-order valence-electron chi connectivity index (χ3n) is 4.62. The number of likely N-dealkylation sites (tertiary alicyclic amines) is 1. The van der Waals surface area contributed by atoms with Crippen molar-refractivity contribution in [3.63, 3.8) is 0 Å². The molecule has 1 saturated heterocycles. The van der Waals surface area contributed by atoms with Crippen molar-refractivity contribution in [3.05, 3.63) is 35.9 Å². The van der Waals surface area contributed by atoms with Crippen LogP contribution in [0.5, 0.6) is 0 Å². The molecule has 0 amide bonds. The zero-order chi connectivity index (χ0) is 11.5. The number of rotatable bonds is 4. The Bertz CT molecular complexity index is 342. The van der Waals surface area contributed by atoms with E-state index in [1.807, 2.05) is 0 Å². The molecule has 1 atom stereocenters. The molecular formula is C16H23N. The van der Waals surface area contributed by atoms with E-state index in [2.05, 4.69) is 35.2 Å². The van der Waals surface area contributed by atoms with Crippen LogP contribution in [0.2, 0.25) is 0 Å². The van der Waals surface area contributed by atoms with Crippen molar-refractivity contribution in [2.45, 2.75) is 38.0 Å². The van der Waals surface area contributed by atoms with Crippen molar-refractivity contribution >= 4 is 0 Å². The molecule has 1 unspecified atom stereocenters. The van der Waals surface area contributed by atoms with Crippen molar-refractivity contribution in [1.29, 1.82) is 0 Å². The van der Waals surface area contributed by atoms with Gasteiger partial charge in [0.2, 0.25) is 0 Å². The molecule has 2 fully saturated rings. The van der Waals surface area contributed by atoms with Crippen LogP contribution in [0.3, 0.4) is 0 Å². The zero-order valence-corrected chi connectivity index (χ0v) is 10.6. The summed E-state index contributed by atoms with van der Waals surface area (Å²) < 4.78 is 0. The van der Waals surface area contributed by atoms with E-state index in [-0.39, 0.29) is 0 Å². The second-order valence-electron chi connectivity index (χ2n) is 5.78. The lowest BCUT2D eigenvalue weighted by atomic mass is 9.83. The maximum Gasteiger partial charge on any atom is 0.00507 e. The van der Waals surface area contributed by atoms with Crippen LogP contribution < -0.4 is 0 Å². The van der Waals surface area contributed by atoms with Gasteiger partial charge in [0, 0.05) is 6.54 Å². The molecule has 1 saturated carbocycles. The van der Waals surface area contributed by atoms with Gasteiger partial charge < -0.3 is 4.90 Å². The van der Waals surface area contributed by atoms with E-state index in [9.17, 15) is 0 Å². The minimum Gasteiger partial charge on any atom is -0.303 e. The first-order chi connectivity index (χ1) is 8.42. The van der Waals surface area contributed by atoms with E-state index in [1.165, 1.54) is 51.7 Å². The zero-order valence-electron chi connectivity index (χ0n) is 10.6. The van der Waals surface area contributed by atoms with E-state index < -0.39 is 0 Å². The van der Waals surface area contributed by atoms with E-state index in [1.54, 1.807) is 5.56 Å². The van der Waals surface area contributed by atoms with Crippen LogP contribution in [0.1, 0.15) is 43.6 Å². The van der Waals surface area contributed by atoms with Gasteiger partial charge in [0.1, 0.15) is 0 Å². The number of hydrogen-bond donors (Lipinski definition) is 0. The predicted molar refractivity (Wildman–Crippen MR) is 72.2 cm³/mol. The molecule has 1 aromatic rings. The standard InChI is InChI=1S/C16H23N/c1-2-7-15(8-3-1)16-10-12-17(13-16)11-9-14-5-4-6-14/h1-3,7-8,14,16H,4-6,9-13H2. The summed E-state index contributed by atoms with van der Waals surface area (Å²) in [5.74, 6) is 1.85. The summed E-state index contributed by atoms with van der Waals surface area (Å²) >= 11 is 0. The summed E-state index contributed by atoms with van der Waals surface area (Å²) in [6.45, 7) is 3.94. The summed E-state index contributed by atoms with van der Waals surface area (Å²) in [4.78, 5) is 2.68. The van der Waals surface area contributed by atoms with Crippen molar-refractivity contribution in [3.8, 4) is 0 Å². The molecule has 0 radical (unpaired) electrons. The molecule has 1 aromatic carbocycles. The lowest BCUT2D eigenvalue weighted by molar-refractivity contribution is 0.238. The molecule has 1 aliphatic heterocycles. The maximum absolute atomic E-state index is 2.68. The second kappa shape index (κ2) is 5.22. The fourth-order valence-electron chi connectivity index (χ4n) is 3.18. The van der Waals surface area contributed by atoms with Crippen LogP contribution in [0.15, 0.2) is 30.3 Å². The Morgan fingerprint density at radius 2 is 1.88 bits per heavy atom. The summed E-state index contributed by atoms with van der Waals surface area (Å²) in [5, 5.41) is 0. The molecule has 0 spiro atoms. The number of hydrogen-bond acceptors (Lipinski definition) is 1. The molecule has 3 rings (SSSR count). The molecule has 1 heterocycles. The molecule has 1 heteroatoms. The van der Waals surface area contributed by atoms with Crippen molar-refractivity contribution in [1.82, 2.24) is 4.90 Å². The van der Waals surface area contributed by atoms with Crippen LogP contribution in [0.4, 0.5) is 0 Å². The monoisotopic (exact) mass is 229 g/mol. The smallest absolute Gasteiger partial charge is 0.00507 e. The maximum atomic E-state index is 2.68. The highest BCUT2D eigenvalue weighted by atomic mass is 15.1. The van der Waals surface area contributed by atoms with Gasteiger partial charge >= 0.3 is 0 Å². The van der Waals surface area contributed by atoms with Gasteiger partial charge in [-0.3, -0.25) is 0 Å². The van der Waals surface area contributed by atoms with Crippen LogP contribution in [-0.2, 0) is 0 Å². The molecule has 1 aliphatic carbocycles. The minimum absolute atomic E-state index is 0.789. The Morgan fingerprint density at radius 1 is 1.06 bits per heavy atom. The average Bonchev–Trinajstić information content (AvgIpc) is 2.77. The highest BCUT2D eigenvalue weighted by Crippen LogP contribution is 2.31. The molecule has 2 aliphatic rings. The summed E-state index contributed by atoms with van der Waals surface area (Å²) in [7, 11) is 0. The first kappa shape index (κ1) is 11.3. The van der Waals surface area contributed by atoms with Crippen molar-refractivity contribution in [2.75, 3.05) is 19.6 Å². The van der Waals surface area contributed by atoms with Gasteiger partial charge in [0.25, 0.3) is 0 Å². The van der Waals surface area contributed by atoms with Crippen LogP contribution >= 0.6 is 0 Å². The van der Waals surface area contributed by atoms with E-state index >= 15 is 0 Å². The van der Waals surface area contributed by atoms with Gasteiger partial charge in [-0.05, 0) is 43.3 Å². The Balaban J connectivity index is 1.48. The third kappa shape index (κ3) is 2.71. The SMILES string of the molecule is c1ccc(C2CCN(CCC3CCC3)C2)cc1. The van der Waals surface area contributed by atoms with Crippen LogP contribution in [0.25, 0.3) is 0 Å². The topological polar surface area (TPSA) is 3.24 Å². The minimum atomic E-state index is 0.789. The Hall–Kier alpha value is -0.820. The Morgan fingerprint density at radius 3 is 2.59 bits per heavy atom. The molecular weight excluding hydrogens is 206 g/mol. The highest BCUT2D eigenvalue weighted by Gasteiger charge is 2.25. The molecule has 17 heavy (non-hydrogen) atoms. The number of benzene rings is 1. The van der Waals surface area contributed by atoms with E-state index in [0.29, 0.717) is 0 Å². The van der Waals surface area contributed by atoms with Gasteiger partial charge in [-0.2, -0.15) is 0 Å². The predicted octanol–water partition coefficient (Wildman–Crippen LogP) is 3.67. The molecule has 92 valence electrons. The summed E-state index contributed by atoms with van der Waals surface area (Å²) in [5.41, 5.74) is 1.54. The van der Waals surface area contributed by atoms with Gasteiger partial charge in [-0.15, -0.1) is 0 Å². The molecule has 0 aromatic heterocycles. The lowest BCUT2D eigenvalue weighted by Gasteiger charge is -2.27. The summed E-state index contributed by atoms with van der Waals surface area (Å²) in [6.07, 6.45) is 7.28. The molecule has 0 bridgehead atoms. The Kier molecular flexibility index (Phi) is 3.46. The van der Waals surface area contributed by atoms with Gasteiger partial charge in [0.05, 0.1) is 0 Å². The first-order valence-electron chi connectivity index (χ1n) is 7.19. The van der Waals surface area contributed by atoms with Crippen molar-refractivity contribution < 1.29 is 0 Å². The average molecular weight is 229 g/mol. The fraction of sp³-hybridized carbons (Fsp3) is 0.625. The molecule has 0 N–H and O–H groups in total. The van der Waals surface area contributed by atoms with Gasteiger partial charge in [-0.25, -0.2) is 0 Å². The summed E-state index contributed by atoms with van der Waals surface area (Å²) in [6, 6.07) is 11.0. The lowest BCUT2D eigenvalue weighted by Crippen LogP contribution is -2.25. The van der Waals surface area contributed by atoms with Gasteiger partial charge in [0.15, 0.2) is 0 Å². The second-order valence-corrected chi connectivity index (χ2v) is 5.78. The first-order valence-corrected chi connectivity index (χ1v) is 7.19. The quantitative estimate of drug-likeness (QED) is 0.761. The largest absolute Gasteiger partial charge is 0.303 e. The highest BCUT2D eigenvalue weighted by molar-refractivity contribution is 5.20. The van der Waals surface area contributed by atoms with Crippen LogP contribution in [-0.4, -0.2) is 24.5 Å². The Labute approximate surface area is 105 Å². The normalized spacial score (nSPS) is 26.0. The fourth-order valence-corrected chi connectivity index (χ4v) is 3.18.